The summed E-state index contributed by atoms with van der Waals surface area (Å²) in [4.78, 5) is 13.9. The Kier molecular flexibility index (Phi) is 4.96. The summed E-state index contributed by atoms with van der Waals surface area (Å²) in [6.07, 6.45) is -0.503. The zero-order valence-corrected chi connectivity index (χ0v) is 13.4. The summed E-state index contributed by atoms with van der Waals surface area (Å²) < 4.78 is 42.5. The molecule has 1 fully saturated rings. The number of amides is 2. The van der Waals surface area contributed by atoms with Crippen LogP contribution in [0, 0.1) is 5.92 Å². The molecule has 1 aliphatic heterocycles. The molecule has 25 heavy (non-hydrogen) atoms. The molecule has 8 heteroatoms. The van der Waals surface area contributed by atoms with Crippen LogP contribution in [-0.2, 0) is 12.6 Å². The molecule has 0 bridgehead atoms. The van der Waals surface area contributed by atoms with Crippen LogP contribution in [0.25, 0.3) is 0 Å². The van der Waals surface area contributed by atoms with Crippen LogP contribution in [0.15, 0.2) is 41.1 Å². The van der Waals surface area contributed by atoms with Crippen LogP contribution in [-0.4, -0.2) is 29.2 Å². The van der Waals surface area contributed by atoms with E-state index < -0.39 is 11.7 Å². The van der Waals surface area contributed by atoms with Gasteiger partial charge in [0, 0.05) is 19.2 Å². The fourth-order valence-corrected chi connectivity index (χ4v) is 3.04. The van der Waals surface area contributed by atoms with E-state index in [4.69, 9.17) is 0 Å². The van der Waals surface area contributed by atoms with Gasteiger partial charge < -0.3 is 9.42 Å². The Bertz CT molecular complexity index is 699. The minimum absolute atomic E-state index is 0.216. The molecule has 2 amide bonds. The number of carbonyl (C=O) groups excluding carboxylic acids is 1. The average Bonchev–Trinajstić information content (AvgIpc) is 3.08. The van der Waals surface area contributed by atoms with Crippen LogP contribution in [0.2, 0.25) is 0 Å². The lowest BCUT2D eigenvalue weighted by molar-refractivity contribution is -0.137. The summed E-state index contributed by atoms with van der Waals surface area (Å²) in [5.74, 6) is 0.573. The zero-order chi connectivity index (χ0) is 17.9. The van der Waals surface area contributed by atoms with Crippen LogP contribution >= 0.6 is 0 Å². The summed E-state index contributed by atoms with van der Waals surface area (Å²) in [5.41, 5.74) is 0.199. The molecule has 5 nitrogen and oxygen atoms in total. The van der Waals surface area contributed by atoms with E-state index in [0.717, 1.165) is 30.5 Å². The summed E-state index contributed by atoms with van der Waals surface area (Å²) in [6, 6.07) is 6.54. The molecule has 3 rings (SSSR count). The maximum atomic E-state index is 12.6. The Morgan fingerprint density at radius 1 is 1.28 bits per heavy atom. The molecular formula is C17H18F3N3O2. The number of alkyl halides is 3. The van der Waals surface area contributed by atoms with Gasteiger partial charge in [-0.2, -0.15) is 13.2 Å². The van der Waals surface area contributed by atoms with Crippen molar-refractivity contribution in [3.63, 3.8) is 0 Å². The number of nitrogens with zero attached hydrogens (tertiary/aromatic N) is 2. The van der Waals surface area contributed by atoms with Crippen LogP contribution in [0.4, 0.5) is 23.8 Å². The molecular weight excluding hydrogens is 335 g/mol. The zero-order valence-electron chi connectivity index (χ0n) is 13.4. The van der Waals surface area contributed by atoms with Crippen LogP contribution in [0.5, 0.6) is 0 Å². The van der Waals surface area contributed by atoms with Crippen molar-refractivity contribution in [3.05, 3.63) is 47.7 Å². The largest absolute Gasteiger partial charge is 0.416 e. The van der Waals surface area contributed by atoms with E-state index in [1.165, 1.54) is 18.4 Å². The minimum Gasteiger partial charge on any atom is -0.363 e. The topological polar surface area (TPSA) is 58.4 Å². The van der Waals surface area contributed by atoms with Crippen LogP contribution in [0.1, 0.15) is 24.0 Å². The maximum absolute atomic E-state index is 12.6. The molecule has 2 aromatic rings. The first-order valence-corrected chi connectivity index (χ1v) is 8.04. The van der Waals surface area contributed by atoms with Gasteiger partial charge in [0.15, 0.2) is 5.82 Å². The highest BCUT2D eigenvalue weighted by Crippen LogP contribution is 2.30. The van der Waals surface area contributed by atoms with Crippen molar-refractivity contribution in [2.24, 2.45) is 5.92 Å². The number of hydrogen-bond donors (Lipinski definition) is 1. The van der Waals surface area contributed by atoms with Crippen molar-refractivity contribution in [2.75, 3.05) is 18.4 Å². The SMILES string of the molecule is O=C(Nc1ccon1)N1CCCC(Cc2ccc(C(F)(F)F)cc2)C1. The van der Waals surface area contributed by atoms with Crippen molar-refractivity contribution < 1.29 is 22.5 Å². The Morgan fingerprint density at radius 2 is 2.04 bits per heavy atom. The Labute approximate surface area is 142 Å². The quantitative estimate of drug-likeness (QED) is 0.901. The number of hydrogen-bond acceptors (Lipinski definition) is 3. The third-order valence-corrected chi connectivity index (χ3v) is 4.28. The summed E-state index contributed by atoms with van der Waals surface area (Å²) in [6.45, 7) is 1.21. The number of urea groups is 1. The number of halogens is 3. The van der Waals surface area contributed by atoms with E-state index in [0.29, 0.717) is 25.3 Å². The third-order valence-electron chi connectivity index (χ3n) is 4.28. The number of anilines is 1. The lowest BCUT2D eigenvalue weighted by atomic mass is 9.91. The first-order chi connectivity index (χ1) is 11.9. The Balaban J connectivity index is 1.57. The molecule has 1 aromatic carbocycles. The standard InChI is InChI=1S/C17H18F3N3O2/c18-17(19,20)14-5-3-12(4-6-14)10-13-2-1-8-23(11-13)16(24)21-15-7-9-25-22-15/h3-7,9,13H,1-2,8,10-11H2,(H,21,22,24). The Hall–Kier alpha value is -2.51. The van der Waals surface area contributed by atoms with E-state index in [1.54, 1.807) is 11.0 Å². The van der Waals surface area contributed by atoms with E-state index in [-0.39, 0.29) is 11.9 Å². The van der Waals surface area contributed by atoms with Crippen molar-refractivity contribution >= 4 is 11.8 Å². The lowest BCUT2D eigenvalue weighted by Crippen LogP contribution is -2.42. The number of carbonyl (C=O) groups is 1. The lowest BCUT2D eigenvalue weighted by Gasteiger charge is -2.32. The van der Waals surface area contributed by atoms with Crippen molar-refractivity contribution in [2.45, 2.75) is 25.4 Å². The molecule has 1 unspecified atom stereocenters. The molecule has 1 atom stereocenters. The normalized spacial score (nSPS) is 18.2. The monoisotopic (exact) mass is 353 g/mol. The number of piperidine rings is 1. The highest BCUT2D eigenvalue weighted by atomic mass is 19.4. The van der Waals surface area contributed by atoms with Gasteiger partial charge in [-0.05, 0) is 42.9 Å². The van der Waals surface area contributed by atoms with E-state index in [2.05, 4.69) is 15.0 Å². The number of rotatable bonds is 3. The summed E-state index contributed by atoms with van der Waals surface area (Å²) in [7, 11) is 0. The number of likely N-dealkylation sites (tertiary alicyclic amines) is 1. The fourth-order valence-electron chi connectivity index (χ4n) is 3.04. The summed E-state index contributed by atoms with van der Waals surface area (Å²) in [5, 5.41) is 6.30. The highest BCUT2D eigenvalue weighted by Gasteiger charge is 2.30. The van der Waals surface area contributed by atoms with Gasteiger partial charge in [-0.25, -0.2) is 4.79 Å². The highest BCUT2D eigenvalue weighted by molar-refractivity contribution is 5.88. The number of nitrogens with one attached hydrogen (secondary N) is 1. The van der Waals surface area contributed by atoms with Crippen LogP contribution in [0.3, 0.4) is 0 Å². The molecule has 1 aliphatic rings. The molecule has 0 aliphatic carbocycles. The molecule has 0 saturated carbocycles. The molecule has 1 aromatic heterocycles. The molecule has 2 heterocycles. The van der Waals surface area contributed by atoms with Crippen molar-refractivity contribution in [1.82, 2.24) is 10.1 Å². The fraction of sp³-hybridized carbons (Fsp3) is 0.412. The van der Waals surface area contributed by atoms with Crippen molar-refractivity contribution in [1.29, 1.82) is 0 Å². The molecule has 0 spiro atoms. The van der Waals surface area contributed by atoms with Gasteiger partial charge in [-0.1, -0.05) is 17.3 Å². The van der Waals surface area contributed by atoms with E-state index in [1.807, 2.05) is 0 Å². The smallest absolute Gasteiger partial charge is 0.363 e. The predicted molar refractivity (Wildman–Crippen MR) is 85.0 cm³/mol. The molecule has 1 N–H and O–H groups in total. The van der Waals surface area contributed by atoms with Crippen LogP contribution < -0.4 is 5.32 Å². The molecule has 0 radical (unpaired) electrons. The van der Waals surface area contributed by atoms with Gasteiger partial charge in [0.25, 0.3) is 0 Å². The van der Waals surface area contributed by atoms with Crippen molar-refractivity contribution in [3.8, 4) is 0 Å². The Morgan fingerprint density at radius 3 is 2.68 bits per heavy atom. The number of aromatic nitrogens is 1. The van der Waals surface area contributed by atoms with Gasteiger partial charge in [0.05, 0.1) is 5.56 Å². The number of benzene rings is 1. The van der Waals surface area contributed by atoms with Gasteiger partial charge in [-0.3, -0.25) is 5.32 Å². The second-order valence-electron chi connectivity index (χ2n) is 6.17. The van der Waals surface area contributed by atoms with E-state index in [9.17, 15) is 18.0 Å². The first-order valence-electron chi connectivity index (χ1n) is 8.04. The average molecular weight is 353 g/mol. The minimum atomic E-state index is -4.32. The van der Waals surface area contributed by atoms with Gasteiger partial charge in [-0.15, -0.1) is 0 Å². The van der Waals surface area contributed by atoms with Gasteiger partial charge in [0.1, 0.15) is 6.26 Å². The third kappa shape index (κ3) is 4.52. The van der Waals surface area contributed by atoms with Gasteiger partial charge in [0.2, 0.25) is 0 Å². The second-order valence-corrected chi connectivity index (χ2v) is 6.17. The van der Waals surface area contributed by atoms with Gasteiger partial charge >= 0.3 is 12.2 Å². The summed E-state index contributed by atoms with van der Waals surface area (Å²) >= 11 is 0. The van der Waals surface area contributed by atoms with E-state index >= 15 is 0 Å². The second kappa shape index (κ2) is 7.16. The maximum Gasteiger partial charge on any atom is 0.416 e. The molecule has 1 saturated heterocycles. The predicted octanol–water partition coefficient (Wildman–Crippen LogP) is 4.18. The first kappa shape index (κ1) is 17.3. The molecule has 134 valence electrons.